The second kappa shape index (κ2) is 4.82. The van der Waals surface area contributed by atoms with Gasteiger partial charge in [0, 0.05) is 17.5 Å². The number of methoxy groups -OCH3 is 2. The first-order valence-corrected chi connectivity index (χ1v) is 5.85. The van der Waals surface area contributed by atoms with Crippen molar-refractivity contribution in [3.8, 4) is 11.5 Å². The van der Waals surface area contributed by atoms with Crippen molar-refractivity contribution in [3.63, 3.8) is 0 Å². The minimum Gasteiger partial charge on any atom is -0.497 e. The molecule has 96 valence electrons. The van der Waals surface area contributed by atoms with Gasteiger partial charge in [0.05, 0.1) is 19.9 Å². The molecule has 0 saturated carbocycles. The van der Waals surface area contributed by atoms with Gasteiger partial charge in [-0.25, -0.2) is 4.98 Å². The van der Waals surface area contributed by atoms with Crippen LogP contribution in [0.4, 0.5) is 0 Å². The second-order valence-corrected chi connectivity index (χ2v) is 4.38. The fourth-order valence-electron chi connectivity index (χ4n) is 1.97. The number of rotatable bonds is 3. The van der Waals surface area contributed by atoms with Gasteiger partial charge in [-0.15, -0.1) is 0 Å². The molecule has 0 bridgehead atoms. The average molecular weight is 246 g/mol. The Balaban J connectivity index is 2.78. The fraction of sp³-hybridized carbons (Fsp3) is 0.357. The standard InChI is InChI=1S/C14H18N2O2/c1-8-5-12(9(2)15)16-14-11(8)6-10(17-3)7-13(14)18-4/h5-7,9H,15H2,1-4H3. The van der Waals surface area contributed by atoms with E-state index in [9.17, 15) is 0 Å². The molecule has 18 heavy (non-hydrogen) atoms. The molecule has 2 rings (SSSR count). The van der Waals surface area contributed by atoms with Gasteiger partial charge < -0.3 is 15.2 Å². The SMILES string of the molecule is COc1cc(OC)c2nc(C(C)N)cc(C)c2c1. The van der Waals surface area contributed by atoms with E-state index in [1.807, 2.05) is 32.0 Å². The van der Waals surface area contributed by atoms with Crippen molar-refractivity contribution >= 4 is 10.9 Å². The van der Waals surface area contributed by atoms with Crippen LogP contribution in [0.2, 0.25) is 0 Å². The number of nitrogens with zero attached hydrogens (tertiary/aromatic N) is 1. The summed E-state index contributed by atoms with van der Waals surface area (Å²) < 4.78 is 10.6. The highest BCUT2D eigenvalue weighted by atomic mass is 16.5. The van der Waals surface area contributed by atoms with Crippen molar-refractivity contribution in [3.05, 3.63) is 29.5 Å². The molecule has 0 fully saturated rings. The normalized spacial score (nSPS) is 12.5. The van der Waals surface area contributed by atoms with Crippen LogP contribution in [0.5, 0.6) is 11.5 Å². The summed E-state index contributed by atoms with van der Waals surface area (Å²) in [6.07, 6.45) is 0. The first-order chi connectivity index (χ1) is 8.56. The van der Waals surface area contributed by atoms with Gasteiger partial charge >= 0.3 is 0 Å². The van der Waals surface area contributed by atoms with E-state index in [2.05, 4.69) is 4.98 Å². The molecule has 2 aromatic rings. The Hall–Kier alpha value is -1.81. The first kappa shape index (κ1) is 12.6. The van der Waals surface area contributed by atoms with Crippen molar-refractivity contribution < 1.29 is 9.47 Å². The van der Waals surface area contributed by atoms with Crippen molar-refractivity contribution in [1.82, 2.24) is 4.98 Å². The minimum absolute atomic E-state index is 0.0973. The number of ether oxygens (including phenoxy) is 2. The van der Waals surface area contributed by atoms with Gasteiger partial charge in [0.25, 0.3) is 0 Å². The van der Waals surface area contributed by atoms with Crippen LogP contribution < -0.4 is 15.2 Å². The van der Waals surface area contributed by atoms with E-state index in [0.717, 1.165) is 27.9 Å². The van der Waals surface area contributed by atoms with E-state index in [4.69, 9.17) is 15.2 Å². The molecule has 0 spiro atoms. The van der Waals surface area contributed by atoms with Gasteiger partial charge in [0.15, 0.2) is 0 Å². The van der Waals surface area contributed by atoms with Crippen molar-refractivity contribution in [2.45, 2.75) is 19.9 Å². The largest absolute Gasteiger partial charge is 0.497 e. The molecule has 0 aliphatic rings. The van der Waals surface area contributed by atoms with Gasteiger partial charge in [0.2, 0.25) is 0 Å². The number of pyridine rings is 1. The van der Waals surface area contributed by atoms with Gasteiger partial charge in [-0.05, 0) is 31.5 Å². The lowest BCUT2D eigenvalue weighted by Gasteiger charge is -2.13. The minimum atomic E-state index is -0.0973. The van der Waals surface area contributed by atoms with Crippen molar-refractivity contribution in [2.75, 3.05) is 14.2 Å². The molecule has 2 N–H and O–H groups in total. The molecule has 4 nitrogen and oxygen atoms in total. The Morgan fingerprint density at radius 3 is 2.44 bits per heavy atom. The quantitative estimate of drug-likeness (QED) is 0.904. The summed E-state index contributed by atoms with van der Waals surface area (Å²) in [4.78, 5) is 4.58. The highest BCUT2D eigenvalue weighted by Crippen LogP contribution is 2.32. The first-order valence-electron chi connectivity index (χ1n) is 5.85. The molecule has 0 amide bonds. The van der Waals surface area contributed by atoms with E-state index in [1.54, 1.807) is 14.2 Å². The predicted octanol–water partition coefficient (Wildman–Crippen LogP) is 2.58. The Bertz CT molecular complexity index is 580. The molecule has 0 aliphatic heterocycles. The van der Waals surface area contributed by atoms with Crippen LogP contribution in [0.25, 0.3) is 10.9 Å². The maximum absolute atomic E-state index is 5.89. The summed E-state index contributed by atoms with van der Waals surface area (Å²) in [5, 5.41) is 1.02. The highest BCUT2D eigenvalue weighted by Gasteiger charge is 2.12. The van der Waals surface area contributed by atoms with Gasteiger partial charge in [-0.2, -0.15) is 0 Å². The van der Waals surface area contributed by atoms with Crippen LogP contribution >= 0.6 is 0 Å². The zero-order chi connectivity index (χ0) is 13.3. The highest BCUT2D eigenvalue weighted by molar-refractivity contribution is 5.89. The summed E-state index contributed by atoms with van der Waals surface area (Å²) in [6.45, 7) is 3.96. The smallest absolute Gasteiger partial charge is 0.148 e. The third-order valence-corrected chi connectivity index (χ3v) is 3.00. The molecule has 1 aromatic carbocycles. The van der Waals surface area contributed by atoms with Crippen LogP contribution in [0.15, 0.2) is 18.2 Å². The second-order valence-electron chi connectivity index (χ2n) is 4.38. The summed E-state index contributed by atoms with van der Waals surface area (Å²) in [7, 11) is 3.27. The van der Waals surface area contributed by atoms with Crippen LogP contribution in [0.3, 0.4) is 0 Å². The maximum Gasteiger partial charge on any atom is 0.148 e. The number of aryl methyl sites for hydroxylation is 1. The molecule has 0 aliphatic carbocycles. The average Bonchev–Trinajstić information content (AvgIpc) is 2.37. The topological polar surface area (TPSA) is 57.4 Å². The third kappa shape index (κ3) is 2.11. The third-order valence-electron chi connectivity index (χ3n) is 3.00. The lowest BCUT2D eigenvalue weighted by molar-refractivity contribution is 0.397. The van der Waals surface area contributed by atoms with E-state index >= 15 is 0 Å². The van der Waals surface area contributed by atoms with Gasteiger partial charge in [0.1, 0.15) is 17.0 Å². The van der Waals surface area contributed by atoms with Crippen LogP contribution in [0.1, 0.15) is 24.2 Å². The van der Waals surface area contributed by atoms with E-state index in [0.29, 0.717) is 5.75 Å². The Morgan fingerprint density at radius 1 is 1.17 bits per heavy atom. The zero-order valence-corrected chi connectivity index (χ0v) is 11.2. The molecule has 1 unspecified atom stereocenters. The lowest BCUT2D eigenvalue weighted by Crippen LogP contribution is -2.08. The fourth-order valence-corrected chi connectivity index (χ4v) is 1.97. The molecule has 1 aromatic heterocycles. The number of hydrogen-bond acceptors (Lipinski definition) is 4. The number of aromatic nitrogens is 1. The summed E-state index contributed by atoms with van der Waals surface area (Å²) in [5.41, 5.74) is 8.70. The number of hydrogen-bond donors (Lipinski definition) is 1. The van der Waals surface area contributed by atoms with E-state index < -0.39 is 0 Å². The number of fused-ring (bicyclic) bond motifs is 1. The van der Waals surface area contributed by atoms with Crippen LogP contribution in [0, 0.1) is 6.92 Å². The Kier molecular flexibility index (Phi) is 3.39. The van der Waals surface area contributed by atoms with Crippen molar-refractivity contribution in [1.29, 1.82) is 0 Å². The number of nitrogens with two attached hydrogens (primary N) is 1. The molecular formula is C14H18N2O2. The monoisotopic (exact) mass is 246 g/mol. The van der Waals surface area contributed by atoms with E-state index in [-0.39, 0.29) is 6.04 Å². The molecule has 0 radical (unpaired) electrons. The van der Waals surface area contributed by atoms with Gasteiger partial charge in [-0.1, -0.05) is 0 Å². The van der Waals surface area contributed by atoms with Gasteiger partial charge in [-0.3, -0.25) is 0 Å². The summed E-state index contributed by atoms with van der Waals surface area (Å²) >= 11 is 0. The Labute approximate surface area is 107 Å². The van der Waals surface area contributed by atoms with Crippen LogP contribution in [-0.2, 0) is 0 Å². The molecule has 4 heteroatoms. The maximum atomic E-state index is 5.89. The van der Waals surface area contributed by atoms with Crippen LogP contribution in [-0.4, -0.2) is 19.2 Å². The molecule has 0 saturated heterocycles. The molecule has 1 heterocycles. The summed E-state index contributed by atoms with van der Waals surface area (Å²) in [5.74, 6) is 1.47. The zero-order valence-electron chi connectivity index (χ0n) is 11.2. The van der Waals surface area contributed by atoms with E-state index in [1.165, 1.54) is 0 Å². The Morgan fingerprint density at radius 2 is 1.89 bits per heavy atom. The number of benzene rings is 1. The lowest BCUT2D eigenvalue weighted by atomic mass is 10.1. The summed E-state index contributed by atoms with van der Waals surface area (Å²) in [6, 6.07) is 5.71. The molecular weight excluding hydrogens is 228 g/mol. The predicted molar refractivity (Wildman–Crippen MR) is 72.2 cm³/mol. The van der Waals surface area contributed by atoms with Crippen molar-refractivity contribution in [2.24, 2.45) is 5.73 Å². The molecule has 1 atom stereocenters.